The third kappa shape index (κ3) is 2.92. The van der Waals surface area contributed by atoms with Gasteiger partial charge in [-0.1, -0.05) is 24.3 Å². The molecule has 0 aliphatic carbocycles. The third-order valence-electron chi connectivity index (χ3n) is 2.07. The summed E-state index contributed by atoms with van der Waals surface area (Å²) in [5.74, 6) is -0.329. The van der Waals surface area contributed by atoms with E-state index in [1.54, 1.807) is 18.2 Å². The molecule has 0 aliphatic rings. The zero-order chi connectivity index (χ0) is 11.3. The Bertz CT molecular complexity index is 380. The number of rotatable bonds is 3. The van der Waals surface area contributed by atoms with Crippen LogP contribution in [0.5, 0.6) is 0 Å². The quantitative estimate of drug-likeness (QED) is 0.767. The lowest BCUT2D eigenvalue weighted by Crippen LogP contribution is -2.03. The van der Waals surface area contributed by atoms with Gasteiger partial charge in [0.05, 0.1) is 19.3 Å². The highest BCUT2D eigenvalue weighted by atomic mass is 16.5. The first-order chi connectivity index (χ1) is 7.19. The molecule has 0 unspecified atom stereocenters. The van der Waals surface area contributed by atoms with E-state index < -0.39 is 0 Å². The number of carbonyl (C=O) groups is 1. The number of aryl methyl sites for hydroxylation is 1. The molecule has 0 saturated carbocycles. The topological polar surface area (TPSA) is 46.5 Å². The van der Waals surface area contributed by atoms with Crippen molar-refractivity contribution in [2.75, 3.05) is 13.7 Å². The molecule has 0 heterocycles. The van der Waals surface area contributed by atoms with Crippen molar-refractivity contribution in [3.8, 4) is 0 Å². The smallest absolute Gasteiger partial charge is 0.338 e. The van der Waals surface area contributed by atoms with E-state index >= 15 is 0 Å². The van der Waals surface area contributed by atoms with Gasteiger partial charge in [-0.15, -0.1) is 0 Å². The molecule has 3 nitrogen and oxygen atoms in total. The van der Waals surface area contributed by atoms with Gasteiger partial charge in [0.15, 0.2) is 0 Å². The van der Waals surface area contributed by atoms with Crippen LogP contribution in [0.1, 0.15) is 21.5 Å². The molecule has 1 aromatic rings. The monoisotopic (exact) mass is 206 g/mol. The molecular formula is C12H14O3. The molecular weight excluding hydrogens is 192 g/mol. The fraction of sp³-hybridized carbons (Fsp3) is 0.250. The summed E-state index contributed by atoms with van der Waals surface area (Å²) in [6.07, 6.45) is 3.45. The van der Waals surface area contributed by atoms with E-state index in [4.69, 9.17) is 5.11 Å². The second kappa shape index (κ2) is 5.32. The first-order valence-electron chi connectivity index (χ1n) is 4.65. The average molecular weight is 206 g/mol. The Morgan fingerprint density at radius 1 is 1.53 bits per heavy atom. The summed E-state index contributed by atoms with van der Waals surface area (Å²) in [5.41, 5.74) is 2.38. The molecule has 0 amide bonds. The molecule has 0 aliphatic heterocycles. The molecule has 0 radical (unpaired) electrons. The van der Waals surface area contributed by atoms with E-state index in [0.29, 0.717) is 5.56 Å². The summed E-state index contributed by atoms with van der Waals surface area (Å²) in [7, 11) is 1.36. The Labute approximate surface area is 89.0 Å². The van der Waals surface area contributed by atoms with Crippen molar-refractivity contribution in [1.82, 2.24) is 0 Å². The first-order valence-corrected chi connectivity index (χ1v) is 4.65. The molecule has 0 spiro atoms. The van der Waals surface area contributed by atoms with E-state index in [-0.39, 0.29) is 12.6 Å². The lowest BCUT2D eigenvalue weighted by molar-refractivity contribution is 0.0600. The third-order valence-corrected chi connectivity index (χ3v) is 2.07. The van der Waals surface area contributed by atoms with Crippen LogP contribution in [0.2, 0.25) is 0 Å². The van der Waals surface area contributed by atoms with Crippen molar-refractivity contribution < 1.29 is 14.6 Å². The van der Waals surface area contributed by atoms with E-state index in [9.17, 15) is 4.79 Å². The van der Waals surface area contributed by atoms with Crippen LogP contribution in [-0.2, 0) is 4.74 Å². The summed E-state index contributed by atoms with van der Waals surface area (Å²) in [6.45, 7) is 1.86. The molecule has 0 atom stereocenters. The van der Waals surface area contributed by atoms with Crippen LogP contribution in [0, 0.1) is 6.92 Å². The van der Waals surface area contributed by atoms with Gasteiger partial charge >= 0.3 is 5.97 Å². The molecule has 1 N–H and O–H groups in total. The van der Waals surface area contributed by atoms with Crippen molar-refractivity contribution >= 4 is 12.0 Å². The van der Waals surface area contributed by atoms with Crippen LogP contribution in [0.25, 0.3) is 6.08 Å². The number of esters is 1. The lowest BCUT2D eigenvalue weighted by Gasteiger charge is -2.04. The average Bonchev–Trinajstić information content (AvgIpc) is 2.25. The number of hydrogen-bond acceptors (Lipinski definition) is 3. The number of hydrogen-bond donors (Lipinski definition) is 1. The number of aliphatic hydroxyl groups excluding tert-OH is 1. The van der Waals surface area contributed by atoms with Crippen LogP contribution >= 0.6 is 0 Å². The Kier molecular flexibility index (Phi) is 4.06. The van der Waals surface area contributed by atoms with Gasteiger partial charge in [0, 0.05) is 0 Å². The predicted octanol–water partition coefficient (Wildman–Crippen LogP) is 1.79. The van der Waals surface area contributed by atoms with Crippen molar-refractivity contribution in [3.63, 3.8) is 0 Å². The van der Waals surface area contributed by atoms with Crippen molar-refractivity contribution in [1.29, 1.82) is 0 Å². The van der Waals surface area contributed by atoms with Crippen molar-refractivity contribution in [2.24, 2.45) is 0 Å². The van der Waals surface area contributed by atoms with Crippen LogP contribution in [0.15, 0.2) is 24.3 Å². The number of carbonyl (C=O) groups excluding carboxylic acids is 1. The number of aliphatic hydroxyl groups is 1. The van der Waals surface area contributed by atoms with Gasteiger partial charge in [-0.05, 0) is 24.1 Å². The number of benzene rings is 1. The largest absolute Gasteiger partial charge is 0.465 e. The first kappa shape index (κ1) is 11.5. The minimum Gasteiger partial charge on any atom is -0.465 e. The standard InChI is InChI=1S/C12H14O3/c1-9-8-10(4-3-7-13)5-6-11(9)12(14)15-2/h3-6,8,13H,7H2,1-2H3/b4-3+. The van der Waals surface area contributed by atoms with Crippen LogP contribution < -0.4 is 0 Å². The fourth-order valence-corrected chi connectivity index (χ4v) is 1.32. The summed E-state index contributed by atoms with van der Waals surface area (Å²) >= 11 is 0. The van der Waals surface area contributed by atoms with Crippen LogP contribution in [0.3, 0.4) is 0 Å². The van der Waals surface area contributed by atoms with E-state index in [1.165, 1.54) is 7.11 Å². The Morgan fingerprint density at radius 3 is 2.80 bits per heavy atom. The zero-order valence-corrected chi connectivity index (χ0v) is 8.86. The van der Waals surface area contributed by atoms with Crippen molar-refractivity contribution in [2.45, 2.75) is 6.92 Å². The van der Waals surface area contributed by atoms with Gasteiger partial charge in [0.2, 0.25) is 0 Å². The van der Waals surface area contributed by atoms with E-state index in [2.05, 4.69) is 4.74 Å². The minimum absolute atomic E-state index is 0.0117. The maximum Gasteiger partial charge on any atom is 0.338 e. The molecule has 15 heavy (non-hydrogen) atoms. The molecule has 80 valence electrons. The normalized spacial score (nSPS) is 10.6. The highest BCUT2D eigenvalue weighted by molar-refractivity contribution is 5.91. The molecule has 1 rings (SSSR count). The molecule has 0 aromatic heterocycles. The highest BCUT2D eigenvalue weighted by Gasteiger charge is 2.07. The maximum absolute atomic E-state index is 11.3. The van der Waals surface area contributed by atoms with Gasteiger partial charge in [-0.2, -0.15) is 0 Å². The molecule has 1 aromatic carbocycles. The molecule has 0 bridgehead atoms. The SMILES string of the molecule is COC(=O)c1ccc(/C=C/CO)cc1C. The van der Waals surface area contributed by atoms with E-state index in [0.717, 1.165) is 11.1 Å². The van der Waals surface area contributed by atoms with E-state index in [1.807, 2.05) is 19.1 Å². The van der Waals surface area contributed by atoms with Gasteiger partial charge in [0.1, 0.15) is 0 Å². The van der Waals surface area contributed by atoms with Gasteiger partial charge in [-0.25, -0.2) is 4.79 Å². The second-order valence-corrected chi connectivity index (χ2v) is 3.15. The summed E-state index contributed by atoms with van der Waals surface area (Å²) in [6, 6.07) is 5.40. The van der Waals surface area contributed by atoms with Gasteiger partial charge in [-0.3, -0.25) is 0 Å². The summed E-state index contributed by atoms with van der Waals surface area (Å²) in [5, 5.41) is 8.62. The summed E-state index contributed by atoms with van der Waals surface area (Å²) in [4.78, 5) is 11.3. The number of ether oxygens (including phenoxy) is 1. The predicted molar refractivity (Wildman–Crippen MR) is 58.6 cm³/mol. The van der Waals surface area contributed by atoms with Crippen molar-refractivity contribution in [3.05, 3.63) is 41.0 Å². The molecule has 0 fully saturated rings. The Balaban J connectivity index is 2.98. The number of methoxy groups -OCH3 is 1. The second-order valence-electron chi connectivity index (χ2n) is 3.15. The van der Waals surface area contributed by atoms with Crippen LogP contribution in [0.4, 0.5) is 0 Å². The zero-order valence-electron chi connectivity index (χ0n) is 8.86. The fourth-order valence-electron chi connectivity index (χ4n) is 1.32. The maximum atomic E-state index is 11.3. The molecule has 0 saturated heterocycles. The lowest BCUT2D eigenvalue weighted by atomic mass is 10.0. The molecule has 3 heteroatoms. The Hall–Kier alpha value is -1.61. The van der Waals surface area contributed by atoms with Gasteiger partial charge in [0.25, 0.3) is 0 Å². The Morgan fingerprint density at radius 2 is 2.27 bits per heavy atom. The summed E-state index contributed by atoms with van der Waals surface area (Å²) < 4.78 is 4.64. The minimum atomic E-state index is -0.329. The highest BCUT2D eigenvalue weighted by Crippen LogP contribution is 2.13. The van der Waals surface area contributed by atoms with Gasteiger partial charge < -0.3 is 9.84 Å². The van der Waals surface area contributed by atoms with Crippen LogP contribution in [-0.4, -0.2) is 24.8 Å².